The predicted molar refractivity (Wildman–Crippen MR) is 23.1 cm³/mol. The molecule has 0 amide bonds. The van der Waals surface area contributed by atoms with Gasteiger partial charge in [-0.05, 0) is 6.82 Å². The molecule has 4 heteroatoms. The van der Waals surface area contributed by atoms with Crippen LogP contribution in [-0.2, 0) is 9.45 Å². The van der Waals surface area contributed by atoms with Crippen LogP contribution in [0.2, 0.25) is 6.82 Å². The van der Waals surface area contributed by atoms with E-state index in [0.29, 0.717) is 0 Å². The lowest BCUT2D eigenvalue weighted by atomic mass is 9.97. The fraction of sp³-hybridized carbons (Fsp3) is 0.500. The first kappa shape index (κ1) is 5.49. The maximum Gasteiger partial charge on any atom is 0.520 e. The molecule has 6 heavy (non-hydrogen) atoms. The van der Waals surface area contributed by atoms with Gasteiger partial charge in [0.1, 0.15) is 0 Å². The minimum atomic E-state index is -0.970. The van der Waals surface area contributed by atoms with E-state index in [-0.39, 0.29) is 7.90 Å². The van der Waals surface area contributed by atoms with Gasteiger partial charge in [-0.1, -0.05) is 0 Å². The molecule has 0 aliphatic heterocycles. The van der Waals surface area contributed by atoms with E-state index in [1.807, 2.05) is 0 Å². The van der Waals surface area contributed by atoms with Gasteiger partial charge >= 0.3 is 7.12 Å². The van der Waals surface area contributed by atoms with Crippen molar-refractivity contribution in [1.82, 2.24) is 0 Å². The minimum absolute atomic E-state index is 0. The van der Waals surface area contributed by atoms with Crippen LogP contribution < -0.4 is 0 Å². The van der Waals surface area contributed by atoms with Crippen molar-refractivity contribution in [3.05, 3.63) is 0 Å². The molecule has 0 aromatic rings. The summed E-state index contributed by atoms with van der Waals surface area (Å²) in [5, 5.41) is 8.10. The Kier molecular flexibility index (Phi) is 2.49. The third-order valence-electron chi connectivity index (χ3n) is 0.252. The van der Waals surface area contributed by atoms with Crippen LogP contribution in [0.1, 0.15) is 1.43 Å². The molecule has 0 heterocycles. The van der Waals surface area contributed by atoms with E-state index < -0.39 is 7.12 Å². The van der Waals surface area contributed by atoms with Gasteiger partial charge in [0, 0.05) is 1.43 Å². The molecule has 0 fully saturated rings. The number of hydrogen-bond acceptors (Lipinski definition) is 3. The summed E-state index contributed by atoms with van der Waals surface area (Å²) in [5.41, 5.74) is 0. The maximum atomic E-state index is 9.23. The average molecular weight is 90.9 g/mol. The Morgan fingerprint density at radius 3 is 2.67 bits per heavy atom. The summed E-state index contributed by atoms with van der Waals surface area (Å²) in [4.78, 5) is 9.23. The van der Waals surface area contributed by atoms with Gasteiger partial charge in [0.2, 0.25) is 0 Å². The Labute approximate surface area is 37.6 Å². The van der Waals surface area contributed by atoms with Gasteiger partial charge in [-0.25, -0.2) is 0 Å². The van der Waals surface area contributed by atoms with Gasteiger partial charge in [-0.3, -0.25) is 4.79 Å². The average Bonchev–Trinajstić information content (AvgIpc) is 1.35. The highest BCUT2D eigenvalue weighted by atomic mass is 16.5. The predicted octanol–water partition coefficient (Wildman–Crippen LogP) is -0.484. The van der Waals surface area contributed by atoms with E-state index in [1.165, 1.54) is 6.82 Å². The topological polar surface area (TPSA) is 46.5 Å². The molecule has 0 rings (SSSR count). The first-order valence-corrected chi connectivity index (χ1v) is 1.54. The largest absolute Gasteiger partial charge is 0.520 e. The van der Waals surface area contributed by atoms with Crippen molar-refractivity contribution in [2.24, 2.45) is 0 Å². The normalized spacial score (nSPS) is 7.00. The van der Waals surface area contributed by atoms with E-state index in [1.54, 1.807) is 0 Å². The number of carbonyl (C=O) groups is 1. The van der Waals surface area contributed by atoms with E-state index in [9.17, 15) is 4.79 Å². The highest BCUT2D eigenvalue weighted by molar-refractivity contribution is 6.42. The monoisotopic (exact) mass is 91.1 g/mol. The molecule has 0 atom stereocenters. The van der Waals surface area contributed by atoms with Crippen molar-refractivity contribution in [3.63, 3.8) is 0 Å². The molecule has 0 saturated carbocycles. The zero-order valence-corrected chi connectivity index (χ0v) is 3.42. The zero-order valence-electron chi connectivity index (χ0n) is 3.42. The zero-order chi connectivity index (χ0) is 4.99. The van der Waals surface area contributed by atoms with Crippen LogP contribution in [0.4, 0.5) is 0 Å². The molecule has 0 aliphatic rings. The second-order valence-electron chi connectivity index (χ2n) is 0.832. The molecular formula is C2H7BO3. The van der Waals surface area contributed by atoms with Gasteiger partial charge in [-0.2, -0.15) is 0 Å². The molecule has 0 radical (unpaired) electrons. The van der Waals surface area contributed by atoms with Gasteiger partial charge < -0.3 is 9.68 Å². The highest BCUT2D eigenvalue weighted by Gasteiger charge is 1.99. The number of carbonyl (C=O) groups excluding carboxylic acids is 1. The van der Waals surface area contributed by atoms with E-state index in [4.69, 9.17) is 5.02 Å². The van der Waals surface area contributed by atoms with Crippen molar-refractivity contribution in [3.8, 4) is 0 Å². The van der Waals surface area contributed by atoms with Crippen molar-refractivity contribution < 1.29 is 15.9 Å². The standard InChI is InChI=1S/C2H5BO3.H2/c1-3(5)6-2-4;/h2,5H,1H3;1H/i;1+1. The van der Waals surface area contributed by atoms with E-state index in [0.717, 1.165) is 0 Å². The molecular weight excluding hydrogens is 82.8 g/mol. The molecule has 0 bridgehead atoms. The van der Waals surface area contributed by atoms with Gasteiger partial charge in [0.05, 0.1) is 0 Å². The highest BCUT2D eigenvalue weighted by Crippen LogP contribution is 1.68. The summed E-state index contributed by atoms with van der Waals surface area (Å²) < 4.78 is 3.92. The fourth-order valence-electron chi connectivity index (χ4n) is 0.0804. The Morgan fingerprint density at radius 2 is 2.67 bits per heavy atom. The summed E-state index contributed by atoms with van der Waals surface area (Å²) in [5.74, 6) is 0. The smallest absolute Gasteiger partial charge is 0.512 e. The lowest BCUT2D eigenvalue weighted by Gasteiger charge is -1.89. The van der Waals surface area contributed by atoms with Crippen molar-refractivity contribution >= 4 is 13.6 Å². The summed E-state index contributed by atoms with van der Waals surface area (Å²) in [6, 6.07) is 0. The van der Waals surface area contributed by atoms with Crippen LogP contribution in [-0.4, -0.2) is 18.6 Å². The third kappa shape index (κ3) is 3.49. The van der Waals surface area contributed by atoms with Crippen molar-refractivity contribution in [2.75, 3.05) is 0 Å². The summed E-state index contributed by atoms with van der Waals surface area (Å²) in [6.45, 7) is 1.55. The van der Waals surface area contributed by atoms with Crippen LogP contribution in [0.3, 0.4) is 0 Å². The summed E-state index contributed by atoms with van der Waals surface area (Å²) in [6.07, 6.45) is 0. The molecule has 0 aromatic heterocycles. The van der Waals surface area contributed by atoms with Crippen LogP contribution in [0, 0.1) is 0 Å². The van der Waals surface area contributed by atoms with Crippen LogP contribution in [0.15, 0.2) is 0 Å². The molecule has 0 aliphatic carbocycles. The summed E-state index contributed by atoms with van der Waals surface area (Å²) in [7, 11) is -0.970. The van der Waals surface area contributed by atoms with Crippen molar-refractivity contribution in [1.29, 1.82) is 0 Å². The second kappa shape index (κ2) is 2.72. The van der Waals surface area contributed by atoms with Crippen LogP contribution in [0.5, 0.6) is 0 Å². The first-order valence-electron chi connectivity index (χ1n) is 1.54. The molecule has 0 aromatic carbocycles. The van der Waals surface area contributed by atoms with E-state index in [2.05, 4.69) is 4.65 Å². The quantitative estimate of drug-likeness (QED) is 0.368. The molecule has 0 unspecified atom stereocenters. The molecule has 3 nitrogen and oxygen atoms in total. The Bertz CT molecular complexity index is 48.2. The Balaban J connectivity index is 0. The van der Waals surface area contributed by atoms with E-state index >= 15 is 0 Å². The Hall–Kier alpha value is -0.505. The maximum absolute atomic E-state index is 9.23. The number of rotatable bonds is 2. The molecule has 0 saturated heterocycles. The van der Waals surface area contributed by atoms with Crippen LogP contribution in [0.25, 0.3) is 0 Å². The van der Waals surface area contributed by atoms with Gasteiger partial charge in [0.25, 0.3) is 6.47 Å². The lowest BCUT2D eigenvalue weighted by molar-refractivity contribution is -0.121. The molecule has 0 spiro atoms. The van der Waals surface area contributed by atoms with Gasteiger partial charge in [-0.15, -0.1) is 0 Å². The first-order chi connectivity index (χ1) is 2.77. The van der Waals surface area contributed by atoms with Gasteiger partial charge in [0.15, 0.2) is 0 Å². The number of hydrogen-bond donors (Lipinski definition) is 1. The SMILES string of the molecule is CB(O)OC=O.[2HH]. The minimum Gasteiger partial charge on any atom is -0.512 e. The van der Waals surface area contributed by atoms with Crippen LogP contribution >= 0.6 is 0 Å². The lowest BCUT2D eigenvalue weighted by Crippen LogP contribution is -2.09. The summed E-state index contributed by atoms with van der Waals surface area (Å²) >= 11 is 0. The Morgan fingerprint density at radius 1 is 2.17 bits per heavy atom. The molecule has 36 valence electrons. The molecule has 1 N–H and O–H groups in total. The third-order valence-corrected chi connectivity index (χ3v) is 0.252. The fourth-order valence-corrected chi connectivity index (χ4v) is 0.0804. The second-order valence-corrected chi connectivity index (χ2v) is 0.832. The van der Waals surface area contributed by atoms with Crippen molar-refractivity contribution in [2.45, 2.75) is 6.82 Å².